The summed E-state index contributed by atoms with van der Waals surface area (Å²) in [4.78, 5) is 28.1. The third kappa shape index (κ3) is 2.58. The number of anilines is 1. The minimum atomic E-state index is -0.742. The first-order valence-corrected chi connectivity index (χ1v) is 5.81. The van der Waals surface area contributed by atoms with Crippen LogP contribution in [0.1, 0.15) is 23.2 Å². The molecule has 1 aromatic heterocycles. The van der Waals surface area contributed by atoms with Crippen LogP contribution in [0.3, 0.4) is 0 Å². The maximum atomic E-state index is 11.1. The monoisotopic (exact) mass is 249 g/mol. The van der Waals surface area contributed by atoms with Gasteiger partial charge in [0.1, 0.15) is 5.82 Å². The lowest BCUT2D eigenvalue weighted by Gasteiger charge is -2.31. The zero-order valence-corrected chi connectivity index (χ0v) is 9.87. The molecule has 1 aliphatic heterocycles. The molecule has 96 valence electrons. The Morgan fingerprint density at radius 1 is 1.39 bits per heavy atom. The van der Waals surface area contributed by atoms with Crippen molar-refractivity contribution in [2.24, 2.45) is 11.7 Å². The quantitative estimate of drug-likeness (QED) is 0.812. The highest BCUT2D eigenvalue weighted by atomic mass is 16.4. The Labute approximate surface area is 104 Å². The van der Waals surface area contributed by atoms with Gasteiger partial charge >= 0.3 is 5.97 Å². The lowest BCUT2D eigenvalue weighted by atomic mass is 9.97. The smallest absolute Gasteiger partial charge is 0.306 e. The van der Waals surface area contributed by atoms with E-state index in [9.17, 15) is 9.59 Å². The van der Waals surface area contributed by atoms with Gasteiger partial charge in [-0.2, -0.15) is 0 Å². The molecule has 0 unspecified atom stereocenters. The van der Waals surface area contributed by atoms with Gasteiger partial charge in [0.2, 0.25) is 5.91 Å². The van der Waals surface area contributed by atoms with Crippen LogP contribution in [0.5, 0.6) is 0 Å². The molecular weight excluding hydrogens is 234 g/mol. The van der Waals surface area contributed by atoms with E-state index in [2.05, 4.69) is 4.98 Å². The minimum Gasteiger partial charge on any atom is -0.481 e. The number of rotatable bonds is 3. The SMILES string of the molecule is NC(=O)c1ccnc(N2CCC(C(=O)O)CC2)c1. The van der Waals surface area contributed by atoms with Crippen LogP contribution < -0.4 is 10.6 Å². The van der Waals surface area contributed by atoms with Crippen LogP contribution in [-0.4, -0.2) is 35.1 Å². The van der Waals surface area contributed by atoms with Gasteiger partial charge in [0.25, 0.3) is 0 Å². The van der Waals surface area contributed by atoms with Gasteiger partial charge in [0.15, 0.2) is 0 Å². The van der Waals surface area contributed by atoms with Crippen LogP contribution in [-0.2, 0) is 4.79 Å². The molecule has 1 fully saturated rings. The van der Waals surface area contributed by atoms with Crippen LogP contribution in [0.4, 0.5) is 5.82 Å². The molecule has 0 atom stereocenters. The number of carbonyl (C=O) groups is 2. The van der Waals surface area contributed by atoms with Crippen molar-refractivity contribution in [1.82, 2.24) is 4.98 Å². The molecule has 0 saturated carbocycles. The average molecular weight is 249 g/mol. The third-order valence-corrected chi connectivity index (χ3v) is 3.20. The van der Waals surface area contributed by atoms with E-state index in [-0.39, 0.29) is 5.92 Å². The Balaban J connectivity index is 2.07. The molecule has 0 radical (unpaired) electrons. The Morgan fingerprint density at radius 3 is 2.61 bits per heavy atom. The largest absolute Gasteiger partial charge is 0.481 e. The molecule has 0 aromatic carbocycles. The second kappa shape index (κ2) is 5.03. The van der Waals surface area contributed by atoms with E-state index in [0.29, 0.717) is 37.3 Å². The fourth-order valence-corrected chi connectivity index (χ4v) is 2.10. The van der Waals surface area contributed by atoms with Crippen molar-refractivity contribution in [1.29, 1.82) is 0 Å². The second-order valence-electron chi connectivity index (χ2n) is 4.37. The van der Waals surface area contributed by atoms with Crippen molar-refractivity contribution in [2.75, 3.05) is 18.0 Å². The Morgan fingerprint density at radius 2 is 2.06 bits per heavy atom. The molecule has 1 saturated heterocycles. The van der Waals surface area contributed by atoms with Gasteiger partial charge in [-0.25, -0.2) is 4.98 Å². The Bertz CT molecular complexity index is 467. The van der Waals surface area contributed by atoms with Gasteiger partial charge in [-0.1, -0.05) is 0 Å². The number of hydrogen-bond donors (Lipinski definition) is 2. The number of hydrogen-bond acceptors (Lipinski definition) is 4. The van der Waals surface area contributed by atoms with Gasteiger partial charge in [0, 0.05) is 24.8 Å². The van der Waals surface area contributed by atoms with Crippen molar-refractivity contribution < 1.29 is 14.7 Å². The molecule has 6 heteroatoms. The first-order valence-electron chi connectivity index (χ1n) is 5.81. The predicted molar refractivity (Wildman–Crippen MR) is 65.3 cm³/mol. The standard InChI is InChI=1S/C12H15N3O3/c13-11(16)9-1-4-14-10(7-9)15-5-2-8(3-6-15)12(17)18/h1,4,7-8H,2-3,5-6H2,(H2,13,16)(H,17,18). The molecule has 6 nitrogen and oxygen atoms in total. The number of primary amides is 1. The van der Waals surface area contributed by atoms with Crippen molar-refractivity contribution in [3.8, 4) is 0 Å². The van der Waals surface area contributed by atoms with Crippen LogP contribution in [0.25, 0.3) is 0 Å². The van der Waals surface area contributed by atoms with E-state index in [1.165, 1.54) is 0 Å². The summed E-state index contributed by atoms with van der Waals surface area (Å²) in [5.41, 5.74) is 5.63. The summed E-state index contributed by atoms with van der Waals surface area (Å²) >= 11 is 0. The first kappa shape index (κ1) is 12.3. The Kier molecular flexibility index (Phi) is 3.45. The van der Waals surface area contributed by atoms with Crippen molar-refractivity contribution >= 4 is 17.7 Å². The number of carboxylic acids is 1. The van der Waals surface area contributed by atoms with Crippen LogP contribution in [0.2, 0.25) is 0 Å². The van der Waals surface area contributed by atoms with Crippen LogP contribution in [0.15, 0.2) is 18.3 Å². The highest BCUT2D eigenvalue weighted by molar-refractivity contribution is 5.93. The number of aromatic nitrogens is 1. The number of nitrogens with zero attached hydrogens (tertiary/aromatic N) is 2. The van der Waals surface area contributed by atoms with Gasteiger partial charge in [-0.3, -0.25) is 9.59 Å². The third-order valence-electron chi connectivity index (χ3n) is 3.20. The lowest BCUT2D eigenvalue weighted by Crippen LogP contribution is -2.36. The molecule has 0 aliphatic carbocycles. The second-order valence-corrected chi connectivity index (χ2v) is 4.37. The highest BCUT2D eigenvalue weighted by Crippen LogP contribution is 2.22. The summed E-state index contributed by atoms with van der Waals surface area (Å²) in [7, 11) is 0. The van der Waals surface area contributed by atoms with Gasteiger partial charge in [0.05, 0.1) is 5.92 Å². The van der Waals surface area contributed by atoms with E-state index in [0.717, 1.165) is 0 Å². The number of nitrogens with two attached hydrogens (primary N) is 1. The number of carboxylic acid groups (broad SMARTS) is 1. The summed E-state index contributed by atoms with van der Waals surface area (Å²) in [5.74, 6) is -0.830. The average Bonchev–Trinajstić information content (AvgIpc) is 2.39. The van der Waals surface area contributed by atoms with Gasteiger partial charge in [-0.15, -0.1) is 0 Å². The van der Waals surface area contributed by atoms with Gasteiger partial charge in [-0.05, 0) is 25.0 Å². The van der Waals surface area contributed by atoms with Crippen molar-refractivity contribution in [2.45, 2.75) is 12.8 Å². The van der Waals surface area contributed by atoms with Crippen molar-refractivity contribution in [3.63, 3.8) is 0 Å². The van der Waals surface area contributed by atoms with E-state index in [4.69, 9.17) is 10.8 Å². The molecule has 1 aliphatic rings. The normalized spacial score (nSPS) is 16.6. The fraction of sp³-hybridized carbons (Fsp3) is 0.417. The number of amides is 1. The summed E-state index contributed by atoms with van der Waals surface area (Å²) < 4.78 is 0. The van der Waals surface area contributed by atoms with E-state index in [1.54, 1.807) is 18.3 Å². The minimum absolute atomic E-state index is 0.277. The molecule has 0 bridgehead atoms. The summed E-state index contributed by atoms with van der Waals surface area (Å²) in [6, 6.07) is 3.21. The molecule has 1 amide bonds. The molecule has 18 heavy (non-hydrogen) atoms. The molecule has 3 N–H and O–H groups in total. The molecule has 2 heterocycles. The molecule has 1 aromatic rings. The maximum Gasteiger partial charge on any atom is 0.306 e. The topological polar surface area (TPSA) is 96.5 Å². The van der Waals surface area contributed by atoms with E-state index < -0.39 is 11.9 Å². The summed E-state index contributed by atoms with van der Waals surface area (Å²) in [6.45, 7) is 1.26. The van der Waals surface area contributed by atoms with E-state index >= 15 is 0 Å². The van der Waals surface area contributed by atoms with Crippen molar-refractivity contribution in [3.05, 3.63) is 23.9 Å². The zero-order chi connectivity index (χ0) is 13.1. The Hall–Kier alpha value is -2.11. The number of carbonyl (C=O) groups excluding carboxylic acids is 1. The molecule has 0 spiro atoms. The van der Waals surface area contributed by atoms with E-state index in [1.807, 2.05) is 4.90 Å². The number of piperidine rings is 1. The van der Waals surface area contributed by atoms with Crippen LogP contribution in [0, 0.1) is 5.92 Å². The van der Waals surface area contributed by atoms with Crippen LogP contribution >= 0.6 is 0 Å². The highest BCUT2D eigenvalue weighted by Gasteiger charge is 2.25. The summed E-state index contributed by atoms with van der Waals surface area (Å²) in [5, 5.41) is 8.92. The summed E-state index contributed by atoms with van der Waals surface area (Å²) in [6.07, 6.45) is 2.73. The predicted octanol–water partition coefficient (Wildman–Crippen LogP) is 0.481. The maximum absolute atomic E-state index is 11.1. The first-order chi connectivity index (χ1) is 8.58. The van der Waals surface area contributed by atoms with Gasteiger partial charge < -0.3 is 15.7 Å². The molecule has 2 rings (SSSR count). The number of aliphatic carboxylic acids is 1. The lowest BCUT2D eigenvalue weighted by molar-refractivity contribution is -0.142. The number of pyridine rings is 1. The molecular formula is C12H15N3O3. The zero-order valence-electron chi connectivity index (χ0n) is 9.87. The fourth-order valence-electron chi connectivity index (χ4n) is 2.10.